The largest absolute Gasteiger partial charge is 0.480 e. The summed E-state index contributed by atoms with van der Waals surface area (Å²) in [6.07, 6.45) is 0.416. The lowest BCUT2D eigenvalue weighted by molar-refractivity contribution is -0.145. The molecule has 4 rings (SSSR count). The minimum Gasteiger partial charge on any atom is -0.480 e. The van der Waals surface area contributed by atoms with Gasteiger partial charge < -0.3 is 5.11 Å². The third-order valence-corrected chi connectivity index (χ3v) is 6.44. The van der Waals surface area contributed by atoms with E-state index >= 15 is 0 Å². The van der Waals surface area contributed by atoms with Crippen LogP contribution in [-0.2, 0) is 17.5 Å². The van der Waals surface area contributed by atoms with Gasteiger partial charge in [0.05, 0.1) is 11.1 Å². The molecule has 0 spiro atoms. The minimum absolute atomic E-state index is 0.0197. The minimum atomic E-state index is -4.59. The van der Waals surface area contributed by atoms with E-state index in [2.05, 4.69) is 6.07 Å². The first-order valence-electron chi connectivity index (χ1n) is 11.7. The van der Waals surface area contributed by atoms with Crippen molar-refractivity contribution in [1.82, 2.24) is 4.90 Å². The second-order valence-electron chi connectivity index (χ2n) is 8.82. The van der Waals surface area contributed by atoms with Crippen molar-refractivity contribution in [3.8, 4) is 17.2 Å². The summed E-state index contributed by atoms with van der Waals surface area (Å²) in [7, 11) is 0. The number of alkyl halides is 3. The lowest BCUT2D eigenvalue weighted by atomic mass is 9.95. The van der Waals surface area contributed by atoms with E-state index in [1.165, 1.54) is 18.2 Å². The summed E-state index contributed by atoms with van der Waals surface area (Å²) in [6, 6.07) is 20.2. The van der Waals surface area contributed by atoms with E-state index in [4.69, 9.17) is 0 Å². The molecule has 1 aliphatic heterocycles. The number of aliphatic carboxylic acids is 1. The van der Waals surface area contributed by atoms with E-state index in [9.17, 15) is 28.3 Å². The third-order valence-electron chi connectivity index (χ3n) is 6.44. The number of piperidine rings is 1. The number of nitriles is 1. The number of halogens is 3. The van der Waals surface area contributed by atoms with E-state index in [0.717, 1.165) is 24.5 Å². The average Bonchev–Trinajstić information content (AvgIpc) is 2.87. The van der Waals surface area contributed by atoms with Crippen LogP contribution in [0.5, 0.6) is 0 Å². The summed E-state index contributed by atoms with van der Waals surface area (Å²) in [4.78, 5) is 13.3. The van der Waals surface area contributed by atoms with Gasteiger partial charge in [0.15, 0.2) is 0 Å². The molecule has 0 saturated carbocycles. The van der Waals surface area contributed by atoms with E-state index < -0.39 is 23.8 Å². The molecule has 4 nitrogen and oxygen atoms in total. The molecule has 0 radical (unpaired) electrons. The number of likely N-dealkylation sites (tertiary alicyclic amines) is 1. The molecule has 3 aromatic carbocycles. The number of carboxylic acids is 1. The van der Waals surface area contributed by atoms with Crippen molar-refractivity contribution in [2.75, 3.05) is 6.54 Å². The number of benzene rings is 3. The number of carbonyl (C=O) groups is 1. The summed E-state index contributed by atoms with van der Waals surface area (Å²) in [6.45, 7) is 0.677. The number of rotatable bonds is 6. The van der Waals surface area contributed by atoms with E-state index in [1.807, 2.05) is 36.4 Å². The van der Waals surface area contributed by atoms with Crippen molar-refractivity contribution >= 4 is 18.1 Å². The van der Waals surface area contributed by atoms with Gasteiger partial charge in [-0.05, 0) is 47.7 Å². The van der Waals surface area contributed by atoms with Gasteiger partial charge in [-0.3, -0.25) is 9.69 Å². The second kappa shape index (κ2) is 10.8. The molecule has 3 aromatic rings. The fourth-order valence-corrected chi connectivity index (χ4v) is 4.66. The summed E-state index contributed by atoms with van der Waals surface area (Å²) < 4.78 is 41.9. The van der Waals surface area contributed by atoms with Crippen molar-refractivity contribution in [3.05, 3.63) is 94.5 Å². The zero-order valence-electron chi connectivity index (χ0n) is 19.5. The predicted molar refractivity (Wildman–Crippen MR) is 133 cm³/mol. The van der Waals surface area contributed by atoms with Gasteiger partial charge in [-0.2, -0.15) is 18.4 Å². The maximum atomic E-state index is 14.0. The second-order valence-corrected chi connectivity index (χ2v) is 8.82. The Morgan fingerprint density at radius 3 is 2.47 bits per heavy atom. The summed E-state index contributed by atoms with van der Waals surface area (Å²) in [5.41, 5.74) is 2.06. The van der Waals surface area contributed by atoms with Crippen molar-refractivity contribution < 1.29 is 23.1 Å². The highest BCUT2D eigenvalue weighted by atomic mass is 19.4. The number of hydrogen-bond donors (Lipinski definition) is 1. The Bertz CT molecular complexity index is 1310. The van der Waals surface area contributed by atoms with Crippen LogP contribution in [0.15, 0.2) is 66.7 Å². The lowest BCUT2D eigenvalue weighted by Crippen LogP contribution is -2.44. The molecular weight excluding hydrogens is 465 g/mol. The summed E-state index contributed by atoms with van der Waals surface area (Å²) in [5, 5.41) is 19.3. The molecule has 0 aromatic heterocycles. The average molecular weight is 491 g/mol. The molecule has 1 atom stereocenters. The normalized spacial score (nSPS) is 16.7. The molecule has 7 heteroatoms. The van der Waals surface area contributed by atoms with Gasteiger partial charge in [-0.25, -0.2) is 0 Å². The standard InChI is InChI=1S/C29H25F3N2O2/c30-29(31,32)26-17-20(19-34-16-5-4-11-27(34)28(35)36)12-13-23(26)15-14-22-9-6-10-24(25(22)18-33)21-7-2-1-3-8-21/h1-3,6-10,12-15,17,27H,4-5,11,16,19H2,(H,35,36)/b15-14+. The van der Waals surface area contributed by atoms with Gasteiger partial charge in [-0.15, -0.1) is 0 Å². The van der Waals surface area contributed by atoms with Crippen LogP contribution in [0.3, 0.4) is 0 Å². The topological polar surface area (TPSA) is 64.3 Å². The molecule has 1 aliphatic rings. The van der Waals surface area contributed by atoms with Crippen LogP contribution < -0.4 is 0 Å². The molecule has 0 amide bonds. The number of hydrogen-bond acceptors (Lipinski definition) is 3. The molecule has 1 unspecified atom stereocenters. The fraction of sp³-hybridized carbons (Fsp3) is 0.241. The maximum absolute atomic E-state index is 14.0. The van der Waals surface area contributed by atoms with Crippen molar-refractivity contribution in [2.45, 2.75) is 38.0 Å². The van der Waals surface area contributed by atoms with Crippen LogP contribution in [0, 0.1) is 11.3 Å². The van der Waals surface area contributed by atoms with Crippen molar-refractivity contribution in [3.63, 3.8) is 0 Å². The van der Waals surface area contributed by atoms with Crippen LogP contribution in [0.25, 0.3) is 23.3 Å². The first-order valence-corrected chi connectivity index (χ1v) is 11.7. The van der Waals surface area contributed by atoms with Gasteiger partial charge in [0.1, 0.15) is 12.1 Å². The zero-order valence-corrected chi connectivity index (χ0v) is 19.5. The third kappa shape index (κ3) is 5.67. The van der Waals surface area contributed by atoms with Crippen LogP contribution >= 0.6 is 0 Å². The van der Waals surface area contributed by atoms with Gasteiger partial charge in [0.2, 0.25) is 0 Å². The number of carboxylic acid groups (broad SMARTS) is 1. The highest BCUT2D eigenvalue weighted by molar-refractivity contribution is 5.81. The monoisotopic (exact) mass is 490 g/mol. The van der Waals surface area contributed by atoms with Crippen LogP contribution in [-0.4, -0.2) is 28.6 Å². The molecule has 1 saturated heterocycles. The molecule has 184 valence electrons. The SMILES string of the molecule is N#Cc1c(/C=C/c2ccc(CN3CCCCC3C(=O)O)cc2C(F)(F)F)cccc1-c1ccccc1. The smallest absolute Gasteiger partial charge is 0.416 e. The predicted octanol–water partition coefficient (Wildman–Crippen LogP) is 6.85. The quantitative estimate of drug-likeness (QED) is 0.384. The first-order chi connectivity index (χ1) is 17.3. The first kappa shape index (κ1) is 25.2. The summed E-state index contributed by atoms with van der Waals surface area (Å²) in [5.74, 6) is -0.948. The maximum Gasteiger partial charge on any atom is 0.416 e. The molecule has 0 bridgehead atoms. The molecule has 1 fully saturated rings. The van der Waals surface area contributed by atoms with Gasteiger partial charge in [-0.1, -0.05) is 79.2 Å². The van der Waals surface area contributed by atoms with Crippen LogP contribution in [0.1, 0.15) is 47.1 Å². The Morgan fingerprint density at radius 2 is 1.78 bits per heavy atom. The Labute approximate surface area is 207 Å². The van der Waals surface area contributed by atoms with E-state index in [-0.39, 0.29) is 12.1 Å². The van der Waals surface area contributed by atoms with Gasteiger partial charge in [0, 0.05) is 12.1 Å². The summed E-state index contributed by atoms with van der Waals surface area (Å²) >= 11 is 0. The van der Waals surface area contributed by atoms with E-state index in [1.54, 1.807) is 23.1 Å². The van der Waals surface area contributed by atoms with Crippen molar-refractivity contribution in [1.29, 1.82) is 5.26 Å². The molecular formula is C29H25F3N2O2. The Kier molecular flexibility index (Phi) is 7.56. The number of nitrogens with zero attached hydrogens (tertiary/aromatic N) is 2. The zero-order chi connectivity index (χ0) is 25.7. The van der Waals surface area contributed by atoms with Crippen LogP contribution in [0.2, 0.25) is 0 Å². The highest BCUT2D eigenvalue weighted by Crippen LogP contribution is 2.35. The molecule has 0 aliphatic carbocycles. The Morgan fingerprint density at radius 1 is 1.03 bits per heavy atom. The van der Waals surface area contributed by atoms with Crippen molar-refractivity contribution in [2.24, 2.45) is 0 Å². The molecule has 36 heavy (non-hydrogen) atoms. The lowest BCUT2D eigenvalue weighted by Gasteiger charge is -2.33. The highest BCUT2D eigenvalue weighted by Gasteiger charge is 2.34. The molecule has 1 N–H and O–H groups in total. The Balaban J connectivity index is 1.66. The van der Waals surface area contributed by atoms with E-state index in [0.29, 0.717) is 35.2 Å². The van der Waals surface area contributed by atoms with Gasteiger partial charge >= 0.3 is 12.1 Å². The molecule has 1 heterocycles. The van der Waals surface area contributed by atoms with Gasteiger partial charge in [0.25, 0.3) is 0 Å². The van der Waals surface area contributed by atoms with Crippen LogP contribution in [0.4, 0.5) is 13.2 Å². The Hall–Kier alpha value is -3.89. The fourth-order valence-electron chi connectivity index (χ4n) is 4.66.